The topological polar surface area (TPSA) is 100 Å². The zero-order valence-electron chi connectivity index (χ0n) is 16.3. The van der Waals surface area contributed by atoms with Gasteiger partial charge in [0, 0.05) is 27.8 Å². The summed E-state index contributed by atoms with van der Waals surface area (Å²) < 4.78 is 5.49. The standard InChI is InChI=1S/C20H25N5O3.2H2/c1-20(2,27)16-7-4-12(9-21-16)15-10-22-18-19(23-15)25(11-17(26)24-18)13-5-6-14(8-13)28-3;;/h4,7,9-10,13-14,27H,5-6,8,11H2,1-3H3,(H,22,24,26);2*1H/t13?,14-;;/m0../s1. The first-order chi connectivity index (χ1) is 13.3. The van der Waals surface area contributed by atoms with Gasteiger partial charge in [0.1, 0.15) is 5.60 Å². The van der Waals surface area contributed by atoms with Crippen molar-refractivity contribution in [2.45, 2.75) is 50.9 Å². The average molecular weight is 387 g/mol. The van der Waals surface area contributed by atoms with E-state index < -0.39 is 5.60 Å². The molecule has 8 heteroatoms. The van der Waals surface area contributed by atoms with Crippen LogP contribution in [0, 0.1) is 0 Å². The van der Waals surface area contributed by atoms with Crippen LogP contribution in [0.15, 0.2) is 24.5 Å². The second-order valence-corrected chi connectivity index (χ2v) is 7.92. The van der Waals surface area contributed by atoms with Crippen molar-refractivity contribution in [1.82, 2.24) is 15.0 Å². The van der Waals surface area contributed by atoms with Crippen molar-refractivity contribution in [3.8, 4) is 11.3 Å². The van der Waals surface area contributed by atoms with E-state index in [2.05, 4.69) is 15.3 Å². The van der Waals surface area contributed by atoms with Crippen LogP contribution in [-0.2, 0) is 15.1 Å². The minimum Gasteiger partial charge on any atom is -0.384 e. The number of rotatable bonds is 4. The molecule has 2 aliphatic rings. The molecule has 1 unspecified atom stereocenters. The van der Waals surface area contributed by atoms with Gasteiger partial charge in [0.15, 0.2) is 11.6 Å². The van der Waals surface area contributed by atoms with E-state index in [1.807, 2.05) is 11.0 Å². The van der Waals surface area contributed by atoms with Crippen LogP contribution < -0.4 is 10.2 Å². The lowest BCUT2D eigenvalue weighted by Crippen LogP contribution is -2.44. The maximum Gasteiger partial charge on any atom is 0.245 e. The number of fused-ring (bicyclic) bond motifs is 1. The van der Waals surface area contributed by atoms with Crippen molar-refractivity contribution in [2.24, 2.45) is 0 Å². The quantitative estimate of drug-likeness (QED) is 0.831. The van der Waals surface area contributed by atoms with Crippen molar-refractivity contribution in [3.05, 3.63) is 30.2 Å². The number of pyridine rings is 1. The lowest BCUT2D eigenvalue weighted by molar-refractivity contribution is -0.115. The Hall–Kier alpha value is -2.58. The second-order valence-electron chi connectivity index (χ2n) is 7.92. The number of aromatic nitrogens is 3. The molecule has 8 nitrogen and oxygen atoms in total. The second kappa shape index (κ2) is 7.10. The average Bonchev–Trinajstić information content (AvgIpc) is 3.15. The molecular weight excluding hydrogens is 358 g/mol. The normalized spacial score (nSPS) is 22.1. The number of ether oxygens (including phenoxy) is 1. The lowest BCUT2D eigenvalue weighted by Gasteiger charge is -2.34. The molecule has 2 aromatic heterocycles. The number of anilines is 2. The first-order valence-electron chi connectivity index (χ1n) is 9.51. The summed E-state index contributed by atoms with van der Waals surface area (Å²) >= 11 is 0. The van der Waals surface area contributed by atoms with E-state index in [-0.39, 0.29) is 27.5 Å². The molecule has 2 aromatic rings. The van der Waals surface area contributed by atoms with Gasteiger partial charge >= 0.3 is 0 Å². The van der Waals surface area contributed by atoms with Crippen molar-refractivity contribution in [2.75, 3.05) is 23.9 Å². The van der Waals surface area contributed by atoms with Gasteiger partial charge in [0.2, 0.25) is 5.91 Å². The van der Waals surface area contributed by atoms with E-state index in [1.165, 1.54) is 0 Å². The van der Waals surface area contributed by atoms with Gasteiger partial charge in [-0.3, -0.25) is 9.78 Å². The summed E-state index contributed by atoms with van der Waals surface area (Å²) in [7, 11) is 1.73. The predicted molar refractivity (Wildman–Crippen MR) is 109 cm³/mol. The molecule has 4 rings (SSSR count). The number of carbonyl (C=O) groups is 1. The van der Waals surface area contributed by atoms with E-state index in [0.29, 0.717) is 23.0 Å². The van der Waals surface area contributed by atoms with Crippen LogP contribution in [-0.4, -0.2) is 51.8 Å². The summed E-state index contributed by atoms with van der Waals surface area (Å²) in [4.78, 5) is 27.8. The predicted octanol–water partition coefficient (Wildman–Crippen LogP) is 2.58. The van der Waals surface area contributed by atoms with Crippen LogP contribution in [0.4, 0.5) is 11.6 Å². The third kappa shape index (κ3) is 3.57. The molecule has 0 saturated heterocycles. The number of carbonyl (C=O) groups excluding carboxylic acids is 1. The van der Waals surface area contributed by atoms with Gasteiger partial charge < -0.3 is 20.1 Å². The van der Waals surface area contributed by atoms with E-state index in [4.69, 9.17) is 9.72 Å². The van der Waals surface area contributed by atoms with Crippen LogP contribution in [0.25, 0.3) is 11.3 Å². The fraction of sp³-hybridized carbons (Fsp3) is 0.500. The highest BCUT2D eigenvalue weighted by atomic mass is 16.5. The molecule has 1 aliphatic carbocycles. The first kappa shape index (κ1) is 18.8. The van der Waals surface area contributed by atoms with Crippen LogP contribution in [0.2, 0.25) is 0 Å². The van der Waals surface area contributed by atoms with Gasteiger partial charge in [0.25, 0.3) is 0 Å². The molecule has 28 heavy (non-hydrogen) atoms. The molecule has 0 spiro atoms. The molecule has 1 amide bonds. The van der Waals surface area contributed by atoms with E-state index >= 15 is 0 Å². The largest absolute Gasteiger partial charge is 0.384 e. The number of amides is 1. The molecule has 1 saturated carbocycles. The SMILES string of the molecule is CO[C@H]1CCC(N2CC(=O)Nc3ncc(-c4ccc(C(C)(C)O)nc4)nc32)C1.[HH].[HH]. The minimum absolute atomic E-state index is 0. The molecule has 0 aromatic carbocycles. The number of nitrogens with one attached hydrogen (secondary N) is 1. The Morgan fingerprint density at radius 1 is 1.29 bits per heavy atom. The van der Waals surface area contributed by atoms with Crippen molar-refractivity contribution < 1.29 is 17.5 Å². The van der Waals surface area contributed by atoms with E-state index in [1.54, 1.807) is 39.4 Å². The maximum atomic E-state index is 12.1. The highest BCUT2D eigenvalue weighted by Gasteiger charge is 2.35. The lowest BCUT2D eigenvalue weighted by atomic mass is 10.0. The molecule has 0 radical (unpaired) electrons. The smallest absolute Gasteiger partial charge is 0.245 e. The molecular formula is C20H29N5O3. The highest BCUT2D eigenvalue weighted by Crippen LogP contribution is 2.35. The highest BCUT2D eigenvalue weighted by molar-refractivity contribution is 5.99. The summed E-state index contributed by atoms with van der Waals surface area (Å²) in [5.74, 6) is 1.10. The van der Waals surface area contributed by atoms with Gasteiger partial charge in [0.05, 0.1) is 30.2 Å². The minimum atomic E-state index is -0.999. The monoisotopic (exact) mass is 387 g/mol. The van der Waals surface area contributed by atoms with E-state index in [0.717, 1.165) is 24.8 Å². The van der Waals surface area contributed by atoms with Gasteiger partial charge in [-0.1, -0.05) is 0 Å². The van der Waals surface area contributed by atoms with Crippen LogP contribution in [0.3, 0.4) is 0 Å². The fourth-order valence-electron chi connectivity index (χ4n) is 3.83. The summed E-state index contributed by atoms with van der Waals surface area (Å²) in [6.07, 6.45) is 6.34. The molecule has 1 fully saturated rings. The Labute approximate surface area is 166 Å². The van der Waals surface area contributed by atoms with Gasteiger partial charge in [-0.25, -0.2) is 9.97 Å². The van der Waals surface area contributed by atoms with Gasteiger partial charge in [-0.2, -0.15) is 0 Å². The molecule has 3 heterocycles. The summed E-state index contributed by atoms with van der Waals surface area (Å²) in [6.45, 7) is 3.66. The number of aliphatic hydroxyl groups is 1. The summed E-state index contributed by atoms with van der Waals surface area (Å²) in [5, 5.41) is 12.9. The van der Waals surface area contributed by atoms with Crippen molar-refractivity contribution >= 4 is 17.5 Å². The number of methoxy groups -OCH3 is 1. The zero-order valence-corrected chi connectivity index (χ0v) is 16.3. The Morgan fingerprint density at radius 2 is 2.11 bits per heavy atom. The molecule has 2 atom stereocenters. The van der Waals surface area contributed by atoms with Crippen molar-refractivity contribution in [1.29, 1.82) is 0 Å². The number of hydrogen-bond donors (Lipinski definition) is 2. The molecule has 0 bridgehead atoms. The third-order valence-electron chi connectivity index (χ3n) is 5.41. The number of nitrogens with zero attached hydrogens (tertiary/aromatic N) is 4. The van der Waals surface area contributed by atoms with Crippen LogP contribution in [0.1, 0.15) is 41.7 Å². The fourth-order valence-corrected chi connectivity index (χ4v) is 3.83. The first-order valence-corrected chi connectivity index (χ1v) is 9.51. The Kier molecular flexibility index (Phi) is 4.76. The maximum absolute atomic E-state index is 12.1. The Morgan fingerprint density at radius 3 is 2.75 bits per heavy atom. The molecule has 152 valence electrons. The zero-order chi connectivity index (χ0) is 19.9. The van der Waals surface area contributed by atoms with Gasteiger partial charge in [-0.05, 0) is 45.2 Å². The number of hydrogen-bond acceptors (Lipinski definition) is 7. The van der Waals surface area contributed by atoms with E-state index in [9.17, 15) is 9.90 Å². The molecule has 2 N–H and O–H groups in total. The Balaban J connectivity index is 0.00000160. The Bertz CT molecular complexity index is 889. The van der Waals surface area contributed by atoms with Gasteiger partial charge in [-0.15, -0.1) is 0 Å². The summed E-state index contributed by atoms with van der Waals surface area (Å²) in [5.41, 5.74) is 1.08. The van der Waals surface area contributed by atoms with Crippen molar-refractivity contribution in [3.63, 3.8) is 0 Å². The third-order valence-corrected chi connectivity index (χ3v) is 5.41. The van der Waals surface area contributed by atoms with Crippen LogP contribution >= 0.6 is 0 Å². The van der Waals surface area contributed by atoms with Crippen LogP contribution in [0.5, 0.6) is 0 Å². The molecule has 1 aliphatic heterocycles. The summed E-state index contributed by atoms with van der Waals surface area (Å²) in [6, 6.07) is 3.87.